The highest BCUT2D eigenvalue weighted by Gasteiger charge is 2.29. The first-order valence-corrected chi connectivity index (χ1v) is 14.6. The van der Waals surface area contributed by atoms with Crippen molar-refractivity contribution in [1.29, 1.82) is 0 Å². The van der Waals surface area contributed by atoms with E-state index in [1.807, 2.05) is 95.8 Å². The van der Waals surface area contributed by atoms with E-state index in [4.69, 9.17) is 21.4 Å². The van der Waals surface area contributed by atoms with Crippen LogP contribution in [0.5, 0.6) is 5.75 Å². The van der Waals surface area contributed by atoms with Gasteiger partial charge in [0.15, 0.2) is 5.17 Å². The molecule has 1 unspecified atom stereocenters. The molecule has 1 amide bonds. The quantitative estimate of drug-likeness (QED) is 0.226. The van der Waals surface area contributed by atoms with E-state index in [0.717, 1.165) is 52.7 Å². The summed E-state index contributed by atoms with van der Waals surface area (Å²) in [6.07, 6.45) is 6.21. The Morgan fingerprint density at radius 2 is 1.90 bits per heavy atom. The number of carbonyl (C=O) groups excluding carboxylic acids is 1. The van der Waals surface area contributed by atoms with Gasteiger partial charge in [0.05, 0.1) is 10.6 Å². The Morgan fingerprint density at radius 1 is 1.07 bits per heavy atom. The van der Waals surface area contributed by atoms with Gasteiger partial charge in [0.2, 0.25) is 0 Å². The number of likely N-dealkylation sites (tertiary alicyclic amines) is 1. The third-order valence-electron chi connectivity index (χ3n) is 7.05. The minimum absolute atomic E-state index is 0.200. The van der Waals surface area contributed by atoms with Crippen molar-refractivity contribution in [3.05, 3.63) is 106 Å². The lowest BCUT2D eigenvalue weighted by molar-refractivity contribution is -0.113. The monoisotopic (exact) mass is 568 g/mol. The summed E-state index contributed by atoms with van der Waals surface area (Å²) in [5.74, 6) is 1.11. The van der Waals surface area contributed by atoms with E-state index >= 15 is 0 Å². The van der Waals surface area contributed by atoms with Crippen molar-refractivity contribution < 1.29 is 9.53 Å². The lowest BCUT2D eigenvalue weighted by atomic mass is 10.0. The van der Waals surface area contributed by atoms with Crippen LogP contribution in [0.4, 0.5) is 0 Å². The second kappa shape index (κ2) is 11.7. The highest BCUT2D eigenvalue weighted by Crippen LogP contribution is 2.35. The van der Waals surface area contributed by atoms with Crippen molar-refractivity contribution in [3.8, 4) is 22.7 Å². The predicted molar refractivity (Wildman–Crippen MR) is 163 cm³/mol. The second-order valence-corrected chi connectivity index (χ2v) is 11.5. The predicted octanol–water partition coefficient (Wildman–Crippen LogP) is 7.47. The molecule has 0 radical (unpaired) electrons. The lowest BCUT2D eigenvalue weighted by Gasteiger charge is -2.31. The zero-order chi connectivity index (χ0) is 27.5. The average Bonchev–Trinajstić information content (AvgIpc) is 3.57. The fourth-order valence-corrected chi connectivity index (χ4v) is 6.11. The lowest BCUT2D eigenvalue weighted by Crippen LogP contribution is -2.37. The molecule has 40 heavy (non-hydrogen) atoms. The maximum Gasteiger partial charge on any atom is 0.286 e. The number of hydrogen-bond acceptors (Lipinski definition) is 5. The van der Waals surface area contributed by atoms with Gasteiger partial charge in [-0.1, -0.05) is 67.1 Å². The Kier molecular flexibility index (Phi) is 7.75. The van der Waals surface area contributed by atoms with E-state index in [2.05, 4.69) is 16.8 Å². The summed E-state index contributed by atoms with van der Waals surface area (Å²) in [7, 11) is 0. The summed E-state index contributed by atoms with van der Waals surface area (Å²) in [6, 6.07) is 25.4. The molecule has 0 bridgehead atoms. The Bertz CT molecular complexity index is 1600. The number of amides is 1. The summed E-state index contributed by atoms with van der Waals surface area (Å²) in [4.78, 5) is 20.2. The van der Waals surface area contributed by atoms with Crippen molar-refractivity contribution in [2.75, 3.05) is 13.1 Å². The molecule has 0 aliphatic carbocycles. The minimum Gasteiger partial charge on any atom is -0.489 e. The molecular weight excluding hydrogens is 540 g/mol. The van der Waals surface area contributed by atoms with E-state index in [9.17, 15) is 4.79 Å². The largest absolute Gasteiger partial charge is 0.489 e. The maximum absolute atomic E-state index is 13.0. The summed E-state index contributed by atoms with van der Waals surface area (Å²) in [5.41, 5.74) is 4.34. The Labute approximate surface area is 243 Å². The molecule has 2 aliphatic rings. The Balaban J connectivity index is 1.31. The van der Waals surface area contributed by atoms with Crippen LogP contribution in [0.3, 0.4) is 0 Å². The highest BCUT2D eigenvalue weighted by molar-refractivity contribution is 8.18. The van der Waals surface area contributed by atoms with E-state index in [1.54, 1.807) is 0 Å². The van der Waals surface area contributed by atoms with Gasteiger partial charge in [-0.2, -0.15) is 10.1 Å². The normalized spacial score (nSPS) is 18.3. The smallest absolute Gasteiger partial charge is 0.286 e. The zero-order valence-corrected chi connectivity index (χ0v) is 23.7. The standard InChI is InChI=1S/C32H29ClN4O2S/c1-22-9-8-16-36(19-22)32-34-31(38)29(40-32)18-25-20-37(26-12-3-2-4-13-26)35-30(25)23-11-7-14-27(17-23)39-21-24-10-5-6-15-28(24)33/h2-7,10-15,17-18,20,22H,8-9,16,19,21H2,1H3. The van der Waals surface area contributed by atoms with Gasteiger partial charge in [0, 0.05) is 41.0 Å². The molecule has 2 aliphatic heterocycles. The molecule has 1 fully saturated rings. The van der Waals surface area contributed by atoms with E-state index in [0.29, 0.717) is 28.2 Å². The number of benzene rings is 3. The first-order chi connectivity index (χ1) is 19.5. The molecule has 6 rings (SSSR count). The number of para-hydroxylation sites is 1. The third-order valence-corrected chi connectivity index (χ3v) is 8.46. The molecule has 1 atom stereocenters. The van der Waals surface area contributed by atoms with Crippen molar-refractivity contribution in [1.82, 2.24) is 14.7 Å². The van der Waals surface area contributed by atoms with Gasteiger partial charge in [-0.25, -0.2) is 4.68 Å². The van der Waals surface area contributed by atoms with Gasteiger partial charge < -0.3 is 9.64 Å². The van der Waals surface area contributed by atoms with Gasteiger partial charge in [-0.15, -0.1) is 0 Å². The van der Waals surface area contributed by atoms with Crippen LogP contribution >= 0.6 is 23.4 Å². The molecule has 1 saturated heterocycles. The number of ether oxygens (including phenoxy) is 1. The van der Waals surface area contributed by atoms with E-state index < -0.39 is 0 Å². The average molecular weight is 569 g/mol. The van der Waals surface area contributed by atoms with Crippen LogP contribution in [-0.4, -0.2) is 38.8 Å². The molecule has 4 aromatic rings. The number of piperidine rings is 1. The number of halogens is 1. The molecule has 3 heterocycles. The highest BCUT2D eigenvalue weighted by atomic mass is 35.5. The molecule has 202 valence electrons. The Morgan fingerprint density at radius 3 is 2.73 bits per heavy atom. The van der Waals surface area contributed by atoms with E-state index in [1.165, 1.54) is 18.2 Å². The third kappa shape index (κ3) is 5.86. The van der Waals surface area contributed by atoms with Crippen LogP contribution < -0.4 is 4.74 Å². The zero-order valence-electron chi connectivity index (χ0n) is 22.2. The van der Waals surface area contributed by atoms with Crippen LogP contribution in [0.15, 0.2) is 95.0 Å². The summed E-state index contributed by atoms with van der Waals surface area (Å²) < 4.78 is 7.93. The van der Waals surface area contributed by atoms with Gasteiger partial charge in [0.25, 0.3) is 5.91 Å². The van der Waals surface area contributed by atoms with Crippen molar-refractivity contribution in [2.45, 2.75) is 26.4 Å². The van der Waals surface area contributed by atoms with Crippen LogP contribution in [0.25, 0.3) is 23.0 Å². The van der Waals surface area contributed by atoms with Crippen LogP contribution in [0, 0.1) is 5.92 Å². The van der Waals surface area contributed by atoms with Gasteiger partial charge in [-0.05, 0) is 66.9 Å². The number of hydrogen-bond donors (Lipinski definition) is 0. The number of carbonyl (C=O) groups is 1. The van der Waals surface area contributed by atoms with Gasteiger partial charge >= 0.3 is 0 Å². The molecule has 0 N–H and O–H groups in total. The minimum atomic E-state index is -0.200. The summed E-state index contributed by atoms with van der Waals surface area (Å²) in [6.45, 7) is 4.49. The van der Waals surface area contributed by atoms with Gasteiger partial charge in [0.1, 0.15) is 18.1 Å². The maximum atomic E-state index is 13.0. The summed E-state index contributed by atoms with van der Waals surface area (Å²) in [5, 5.41) is 6.41. The van der Waals surface area contributed by atoms with Crippen LogP contribution in [0.1, 0.15) is 30.9 Å². The molecular formula is C32H29ClN4O2S. The second-order valence-electron chi connectivity index (χ2n) is 10.1. The van der Waals surface area contributed by atoms with Crippen molar-refractivity contribution in [2.24, 2.45) is 10.9 Å². The topological polar surface area (TPSA) is 59.7 Å². The molecule has 3 aromatic carbocycles. The first kappa shape index (κ1) is 26.4. The van der Waals surface area contributed by atoms with E-state index in [-0.39, 0.29) is 5.91 Å². The number of aliphatic imine (C=N–C) groups is 1. The van der Waals surface area contributed by atoms with Crippen molar-refractivity contribution >= 4 is 40.5 Å². The molecule has 0 spiro atoms. The molecule has 1 aromatic heterocycles. The first-order valence-electron chi connectivity index (χ1n) is 13.4. The molecule has 8 heteroatoms. The van der Waals surface area contributed by atoms with Gasteiger partial charge in [-0.3, -0.25) is 4.79 Å². The number of aromatic nitrogens is 2. The molecule has 6 nitrogen and oxygen atoms in total. The number of amidine groups is 1. The Hall–Kier alpha value is -3.81. The fourth-order valence-electron chi connectivity index (χ4n) is 4.98. The SMILES string of the molecule is CC1CCCN(C2=NC(=O)C(=Cc3cn(-c4ccccc4)nc3-c3cccc(OCc4ccccc4Cl)c3)S2)C1. The number of rotatable bonds is 6. The fraction of sp³-hybridized carbons (Fsp3) is 0.219. The molecule has 0 saturated carbocycles. The number of thioether (sulfide) groups is 1. The van der Waals surface area contributed by atoms with Crippen LogP contribution in [-0.2, 0) is 11.4 Å². The van der Waals surface area contributed by atoms with Crippen molar-refractivity contribution in [3.63, 3.8) is 0 Å². The van der Waals surface area contributed by atoms with Crippen LogP contribution in [0.2, 0.25) is 5.02 Å². The number of nitrogens with zero attached hydrogens (tertiary/aromatic N) is 4. The summed E-state index contributed by atoms with van der Waals surface area (Å²) >= 11 is 7.77.